The molecule has 0 bridgehead atoms. The molecular weight excluding hydrogens is 551 g/mol. The third-order valence-corrected chi connectivity index (χ3v) is 6.14. The number of hydrogen-bond acceptors (Lipinski definition) is 5. The van der Waals surface area contributed by atoms with E-state index in [1.807, 2.05) is 0 Å². The quantitative estimate of drug-likeness (QED) is 0.199. The maximum Gasteiger partial charge on any atom is 0.416 e. The summed E-state index contributed by atoms with van der Waals surface area (Å²) < 4.78 is 57.2. The Bertz CT molecular complexity index is 1590. The molecule has 10 heteroatoms. The highest BCUT2D eigenvalue weighted by atomic mass is 19.4. The Hall–Kier alpha value is -4.99. The number of rotatable bonds is 10. The van der Waals surface area contributed by atoms with Crippen molar-refractivity contribution in [3.8, 4) is 28.7 Å². The largest absolute Gasteiger partial charge is 0.478 e. The summed E-state index contributed by atoms with van der Waals surface area (Å²) in [5.74, 6) is -0.271. The summed E-state index contributed by atoms with van der Waals surface area (Å²) in [6.45, 7) is 4.75. The Morgan fingerprint density at radius 3 is 2.14 bits per heavy atom. The molecule has 0 fully saturated rings. The molecule has 0 radical (unpaired) electrons. The number of aryl methyl sites for hydroxylation is 1. The number of carbonyl (C=O) groups excluding carboxylic acids is 1. The number of amides is 1. The number of carboxylic acid groups (broad SMARTS) is 1. The van der Waals surface area contributed by atoms with Gasteiger partial charge in [-0.1, -0.05) is 30.3 Å². The van der Waals surface area contributed by atoms with Gasteiger partial charge in [-0.2, -0.15) is 13.2 Å². The number of aliphatic carboxylic acids is 1. The molecule has 0 unspecified atom stereocenters. The molecule has 0 atom stereocenters. The van der Waals surface area contributed by atoms with E-state index in [1.165, 1.54) is 13.8 Å². The third kappa shape index (κ3) is 7.60. The van der Waals surface area contributed by atoms with Crippen LogP contribution in [0.25, 0.3) is 0 Å². The number of halogens is 3. The topological polar surface area (TPSA) is 94.1 Å². The fourth-order valence-corrected chi connectivity index (χ4v) is 3.84. The van der Waals surface area contributed by atoms with Crippen molar-refractivity contribution in [2.45, 2.75) is 39.1 Å². The second-order valence-corrected chi connectivity index (χ2v) is 9.90. The van der Waals surface area contributed by atoms with Gasteiger partial charge in [0.1, 0.15) is 28.7 Å². The molecule has 0 saturated carbocycles. The van der Waals surface area contributed by atoms with Gasteiger partial charge in [-0.25, -0.2) is 4.79 Å². The Balaban J connectivity index is 1.46. The van der Waals surface area contributed by atoms with E-state index >= 15 is 0 Å². The van der Waals surface area contributed by atoms with E-state index in [9.17, 15) is 27.9 Å². The molecule has 2 N–H and O–H groups in total. The molecule has 0 aliphatic carbocycles. The molecule has 4 aromatic rings. The number of carboxylic acids is 1. The molecule has 0 saturated heterocycles. The van der Waals surface area contributed by atoms with Crippen molar-refractivity contribution >= 4 is 11.9 Å². The molecule has 0 heterocycles. The summed E-state index contributed by atoms with van der Waals surface area (Å²) in [6, 6.07) is 22.9. The van der Waals surface area contributed by atoms with Crippen molar-refractivity contribution in [3.63, 3.8) is 0 Å². The van der Waals surface area contributed by atoms with Gasteiger partial charge in [0.25, 0.3) is 5.91 Å². The number of nitrogens with one attached hydrogen (secondary N) is 1. The number of alkyl halides is 3. The van der Waals surface area contributed by atoms with Crippen molar-refractivity contribution < 1.29 is 42.1 Å². The minimum Gasteiger partial charge on any atom is -0.478 e. The van der Waals surface area contributed by atoms with Gasteiger partial charge in [-0.15, -0.1) is 0 Å². The maximum atomic E-state index is 13.3. The van der Waals surface area contributed by atoms with Crippen molar-refractivity contribution in [2.75, 3.05) is 0 Å². The van der Waals surface area contributed by atoms with Crippen LogP contribution in [0, 0.1) is 6.92 Å². The predicted molar refractivity (Wildman–Crippen MR) is 149 cm³/mol. The second-order valence-electron chi connectivity index (χ2n) is 9.90. The lowest BCUT2D eigenvalue weighted by Gasteiger charge is -2.23. The van der Waals surface area contributed by atoms with Crippen LogP contribution in [-0.4, -0.2) is 22.6 Å². The first kappa shape index (κ1) is 30.0. The van der Waals surface area contributed by atoms with Crippen LogP contribution in [0.3, 0.4) is 0 Å². The lowest BCUT2D eigenvalue weighted by atomic mass is 10.1. The van der Waals surface area contributed by atoms with Crippen LogP contribution in [0.4, 0.5) is 13.2 Å². The van der Waals surface area contributed by atoms with Crippen LogP contribution in [0.1, 0.15) is 40.9 Å². The summed E-state index contributed by atoms with van der Waals surface area (Å²) in [4.78, 5) is 24.4. The Kier molecular flexibility index (Phi) is 8.75. The van der Waals surface area contributed by atoms with Gasteiger partial charge in [0.15, 0.2) is 5.60 Å². The van der Waals surface area contributed by atoms with Gasteiger partial charge in [-0.3, -0.25) is 4.79 Å². The maximum absolute atomic E-state index is 13.3. The summed E-state index contributed by atoms with van der Waals surface area (Å²) in [6.07, 6.45) is -4.61. The van der Waals surface area contributed by atoms with Crippen molar-refractivity contribution in [2.24, 2.45) is 0 Å². The minimum absolute atomic E-state index is 0.0527. The summed E-state index contributed by atoms with van der Waals surface area (Å²) in [5.41, 5.74) is -1.03. The zero-order valence-corrected chi connectivity index (χ0v) is 23.0. The number of ether oxygens (including phenoxy) is 3. The highest BCUT2D eigenvalue weighted by Gasteiger charge is 2.32. The molecule has 1 amide bonds. The summed E-state index contributed by atoms with van der Waals surface area (Å²) >= 11 is 0. The highest BCUT2D eigenvalue weighted by molar-refractivity contribution is 5.97. The first-order valence-electron chi connectivity index (χ1n) is 12.8. The summed E-state index contributed by atoms with van der Waals surface area (Å²) in [7, 11) is 0. The SMILES string of the molecule is Cc1cc(Oc2cccc(CNC(=O)c3ccc(C(F)(F)F)cc3Oc3ccccc3)c2)ccc1OC(C)(C)C(=O)O. The van der Waals surface area contributed by atoms with Crippen LogP contribution in [0.5, 0.6) is 28.7 Å². The fourth-order valence-electron chi connectivity index (χ4n) is 3.84. The van der Waals surface area contributed by atoms with Crippen molar-refractivity contribution in [1.29, 1.82) is 0 Å². The van der Waals surface area contributed by atoms with E-state index in [-0.39, 0.29) is 23.6 Å². The van der Waals surface area contributed by atoms with Gasteiger partial charge in [0.2, 0.25) is 0 Å². The predicted octanol–water partition coefficient (Wildman–Crippen LogP) is 7.77. The number of hydrogen-bond donors (Lipinski definition) is 2. The third-order valence-electron chi connectivity index (χ3n) is 6.14. The Morgan fingerprint density at radius 2 is 1.48 bits per heavy atom. The molecule has 0 aliphatic rings. The first-order valence-corrected chi connectivity index (χ1v) is 12.8. The highest BCUT2D eigenvalue weighted by Crippen LogP contribution is 2.35. The summed E-state index contributed by atoms with van der Waals surface area (Å²) in [5, 5.41) is 12.0. The molecule has 7 nitrogen and oxygen atoms in total. The smallest absolute Gasteiger partial charge is 0.416 e. The Morgan fingerprint density at radius 1 is 0.786 bits per heavy atom. The fraction of sp³-hybridized carbons (Fsp3) is 0.188. The van der Waals surface area contributed by atoms with E-state index in [1.54, 1.807) is 79.7 Å². The molecule has 0 aromatic heterocycles. The number of benzene rings is 4. The second kappa shape index (κ2) is 12.3. The van der Waals surface area contributed by atoms with E-state index < -0.39 is 29.2 Å². The zero-order valence-electron chi connectivity index (χ0n) is 23.0. The monoisotopic (exact) mass is 579 g/mol. The van der Waals surface area contributed by atoms with Gasteiger partial charge in [0.05, 0.1) is 11.1 Å². The molecular formula is C32H28F3NO6. The zero-order chi connectivity index (χ0) is 30.5. The molecule has 0 spiro atoms. The van der Waals surface area contributed by atoms with Crippen molar-refractivity contribution in [1.82, 2.24) is 5.32 Å². The van der Waals surface area contributed by atoms with Gasteiger partial charge >= 0.3 is 12.1 Å². The molecule has 4 rings (SSSR count). The molecule has 4 aromatic carbocycles. The molecule has 42 heavy (non-hydrogen) atoms. The van der Waals surface area contributed by atoms with Crippen molar-refractivity contribution in [3.05, 3.63) is 113 Å². The van der Waals surface area contributed by atoms with Crippen LogP contribution in [-0.2, 0) is 17.5 Å². The average molecular weight is 580 g/mol. The molecule has 218 valence electrons. The van der Waals surface area contributed by atoms with Crippen LogP contribution >= 0.6 is 0 Å². The molecule has 0 aliphatic heterocycles. The van der Waals surface area contributed by atoms with Gasteiger partial charge in [-0.05, 0) is 92.6 Å². The Labute approximate surface area is 240 Å². The lowest BCUT2D eigenvalue weighted by molar-refractivity contribution is -0.152. The normalized spacial score (nSPS) is 11.5. The number of para-hydroxylation sites is 1. The van der Waals surface area contributed by atoms with Crippen LogP contribution in [0.15, 0.2) is 91.0 Å². The van der Waals surface area contributed by atoms with E-state index in [2.05, 4.69) is 5.32 Å². The minimum atomic E-state index is -4.61. The van der Waals surface area contributed by atoms with E-state index in [0.29, 0.717) is 28.4 Å². The van der Waals surface area contributed by atoms with Gasteiger partial charge in [0, 0.05) is 6.54 Å². The van der Waals surface area contributed by atoms with E-state index in [0.717, 1.165) is 18.2 Å². The van der Waals surface area contributed by atoms with E-state index in [4.69, 9.17) is 14.2 Å². The standard InChI is InChI=1S/C32H28F3NO6/c1-20-16-25(13-15-27(20)42-31(2,3)30(38)39)40-24-11-7-8-21(17-24)19-36-29(37)26-14-12-22(32(33,34)35)18-28(26)41-23-9-5-4-6-10-23/h4-18H,19H2,1-3H3,(H,36,37)(H,38,39). The number of carbonyl (C=O) groups is 2. The van der Waals surface area contributed by atoms with Crippen LogP contribution in [0.2, 0.25) is 0 Å². The average Bonchev–Trinajstić information content (AvgIpc) is 2.93. The first-order chi connectivity index (χ1) is 19.8. The van der Waals surface area contributed by atoms with Gasteiger partial charge < -0.3 is 24.6 Å². The lowest BCUT2D eigenvalue weighted by Crippen LogP contribution is -2.38. The van der Waals surface area contributed by atoms with Crippen LogP contribution < -0.4 is 19.5 Å².